The fourth-order valence-corrected chi connectivity index (χ4v) is 2.68. The molecule has 3 nitrogen and oxygen atoms in total. The first kappa shape index (κ1) is 13.9. The van der Waals surface area contributed by atoms with Crippen LogP contribution >= 0.6 is 23.2 Å². The molecule has 0 fully saturated rings. The number of fused-ring (bicyclic) bond motifs is 1. The first-order valence-corrected chi connectivity index (χ1v) is 7.24. The van der Waals surface area contributed by atoms with Crippen LogP contribution in [-0.2, 0) is 0 Å². The van der Waals surface area contributed by atoms with Gasteiger partial charge in [-0.2, -0.15) is 5.26 Å². The highest BCUT2D eigenvalue weighted by atomic mass is 35.5. The standard InChI is InChI=1S/C16H11Cl2N3/c1-10(17)16-20-13-7-6-11(9-19)8-15(13)21(16)14-5-3-2-4-12(14)18/h2-8,10H,1H3. The summed E-state index contributed by atoms with van der Waals surface area (Å²) in [6.45, 7) is 1.86. The van der Waals surface area contributed by atoms with Gasteiger partial charge in [0, 0.05) is 0 Å². The van der Waals surface area contributed by atoms with E-state index in [0.29, 0.717) is 16.4 Å². The van der Waals surface area contributed by atoms with Crippen LogP contribution < -0.4 is 0 Å². The average molecular weight is 316 g/mol. The van der Waals surface area contributed by atoms with Crippen molar-refractivity contribution in [1.82, 2.24) is 9.55 Å². The number of nitriles is 1. The summed E-state index contributed by atoms with van der Waals surface area (Å²) in [6, 6.07) is 15.0. The van der Waals surface area contributed by atoms with Gasteiger partial charge in [0.15, 0.2) is 0 Å². The molecule has 0 amide bonds. The van der Waals surface area contributed by atoms with Gasteiger partial charge in [-0.25, -0.2) is 4.98 Å². The minimum Gasteiger partial charge on any atom is -0.293 e. The van der Waals surface area contributed by atoms with Crippen molar-refractivity contribution in [3.63, 3.8) is 0 Å². The number of benzene rings is 2. The minimum absolute atomic E-state index is 0.279. The molecule has 0 bridgehead atoms. The van der Waals surface area contributed by atoms with E-state index in [1.165, 1.54) is 0 Å². The number of hydrogen-bond donors (Lipinski definition) is 0. The molecule has 3 aromatic rings. The molecule has 21 heavy (non-hydrogen) atoms. The lowest BCUT2D eigenvalue weighted by Gasteiger charge is -2.12. The largest absolute Gasteiger partial charge is 0.293 e. The topological polar surface area (TPSA) is 41.6 Å². The monoisotopic (exact) mass is 315 g/mol. The van der Waals surface area contributed by atoms with Crippen molar-refractivity contribution >= 4 is 34.2 Å². The minimum atomic E-state index is -0.279. The first-order chi connectivity index (χ1) is 10.1. The molecule has 1 aromatic heterocycles. The van der Waals surface area contributed by atoms with Crippen LogP contribution in [-0.4, -0.2) is 9.55 Å². The Morgan fingerprint density at radius 2 is 2.00 bits per heavy atom. The van der Waals surface area contributed by atoms with E-state index in [-0.39, 0.29) is 5.38 Å². The molecule has 1 atom stereocenters. The Kier molecular flexibility index (Phi) is 3.59. The predicted octanol–water partition coefficient (Wildman–Crippen LogP) is 4.85. The Morgan fingerprint density at radius 1 is 1.24 bits per heavy atom. The van der Waals surface area contributed by atoms with E-state index < -0.39 is 0 Å². The van der Waals surface area contributed by atoms with Gasteiger partial charge in [-0.15, -0.1) is 11.6 Å². The molecule has 1 unspecified atom stereocenters. The molecule has 0 N–H and O–H groups in total. The zero-order chi connectivity index (χ0) is 15.0. The second kappa shape index (κ2) is 5.40. The Labute approximate surface area is 132 Å². The summed E-state index contributed by atoms with van der Waals surface area (Å²) in [7, 11) is 0. The van der Waals surface area contributed by atoms with Crippen LogP contribution in [0.3, 0.4) is 0 Å². The molecular formula is C16H11Cl2N3. The Balaban J connectivity index is 2.40. The van der Waals surface area contributed by atoms with Crippen LogP contribution in [0.4, 0.5) is 0 Å². The Morgan fingerprint density at radius 3 is 2.67 bits per heavy atom. The third kappa shape index (κ3) is 2.37. The molecule has 0 spiro atoms. The van der Waals surface area contributed by atoms with Crippen LogP contribution in [0.25, 0.3) is 16.7 Å². The number of halogens is 2. The van der Waals surface area contributed by atoms with E-state index >= 15 is 0 Å². The molecule has 0 aliphatic heterocycles. The third-order valence-corrected chi connectivity index (χ3v) is 3.77. The smallest absolute Gasteiger partial charge is 0.132 e. The van der Waals surface area contributed by atoms with Gasteiger partial charge in [0.2, 0.25) is 0 Å². The quantitative estimate of drug-likeness (QED) is 0.634. The molecule has 0 saturated heterocycles. The summed E-state index contributed by atoms with van der Waals surface area (Å²) in [5.41, 5.74) is 2.99. The first-order valence-electron chi connectivity index (χ1n) is 6.43. The molecule has 0 saturated carbocycles. The van der Waals surface area contributed by atoms with E-state index in [2.05, 4.69) is 11.1 Å². The van der Waals surface area contributed by atoms with Crippen molar-refractivity contribution in [2.24, 2.45) is 0 Å². The maximum atomic E-state index is 9.10. The van der Waals surface area contributed by atoms with Gasteiger partial charge < -0.3 is 0 Å². The maximum Gasteiger partial charge on any atom is 0.132 e. The average Bonchev–Trinajstić information content (AvgIpc) is 2.86. The highest BCUT2D eigenvalue weighted by Crippen LogP contribution is 2.31. The number of imidazole rings is 1. The van der Waals surface area contributed by atoms with Crippen LogP contribution in [0.15, 0.2) is 42.5 Å². The fourth-order valence-electron chi connectivity index (χ4n) is 2.32. The second-order valence-corrected chi connectivity index (χ2v) is 5.75. The summed E-state index contributed by atoms with van der Waals surface area (Å²) >= 11 is 12.6. The summed E-state index contributed by atoms with van der Waals surface area (Å²) in [5.74, 6) is 0.704. The van der Waals surface area contributed by atoms with Gasteiger partial charge in [0.25, 0.3) is 0 Å². The number of para-hydroxylation sites is 1. The lowest BCUT2D eigenvalue weighted by atomic mass is 10.2. The van der Waals surface area contributed by atoms with Gasteiger partial charge in [-0.05, 0) is 37.3 Å². The van der Waals surface area contributed by atoms with Gasteiger partial charge in [0.05, 0.1) is 38.8 Å². The zero-order valence-corrected chi connectivity index (χ0v) is 12.7. The van der Waals surface area contributed by atoms with Crippen LogP contribution in [0.2, 0.25) is 5.02 Å². The summed E-state index contributed by atoms with van der Waals surface area (Å²) in [5, 5.41) is 9.43. The van der Waals surface area contributed by atoms with Crippen molar-refractivity contribution in [3.05, 3.63) is 58.9 Å². The van der Waals surface area contributed by atoms with E-state index in [0.717, 1.165) is 16.7 Å². The normalized spacial score (nSPS) is 12.3. The fraction of sp³-hybridized carbons (Fsp3) is 0.125. The molecule has 0 aliphatic rings. The highest BCUT2D eigenvalue weighted by Gasteiger charge is 2.18. The van der Waals surface area contributed by atoms with E-state index in [1.807, 2.05) is 41.8 Å². The van der Waals surface area contributed by atoms with Crippen LogP contribution in [0.5, 0.6) is 0 Å². The lowest BCUT2D eigenvalue weighted by Crippen LogP contribution is -2.02. The van der Waals surface area contributed by atoms with Gasteiger partial charge in [0.1, 0.15) is 5.82 Å². The molecule has 5 heteroatoms. The van der Waals surface area contributed by atoms with Gasteiger partial charge >= 0.3 is 0 Å². The SMILES string of the molecule is CC(Cl)c1nc2ccc(C#N)cc2n1-c1ccccc1Cl. The van der Waals surface area contributed by atoms with Crippen molar-refractivity contribution < 1.29 is 0 Å². The maximum absolute atomic E-state index is 9.10. The van der Waals surface area contributed by atoms with Crippen LogP contribution in [0.1, 0.15) is 23.7 Å². The van der Waals surface area contributed by atoms with E-state index in [1.54, 1.807) is 12.1 Å². The molecule has 0 aliphatic carbocycles. The second-order valence-electron chi connectivity index (χ2n) is 4.69. The van der Waals surface area contributed by atoms with Crippen molar-refractivity contribution in [2.45, 2.75) is 12.3 Å². The third-order valence-electron chi connectivity index (χ3n) is 3.26. The predicted molar refractivity (Wildman–Crippen MR) is 85.1 cm³/mol. The number of rotatable bonds is 2. The van der Waals surface area contributed by atoms with E-state index in [4.69, 9.17) is 28.5 Å². The summed E-state index contributed by atoms with van der Waals surface area (Å²) in [6.07, 6.45) is 0. The Hall–Kier alpha value is -2.02. The summed E-state index contributed by atoms with van der Waals surface area (Å²) in [4.78, 5) is 4.57. The van der Waals surface area contributed by atoms with Crippen molar-refractivity contribution in [2.75, 3.05) is 0 Å². The molecule has 0 radical (unpaired) electrons. The van der Waals surface area contributed by atoms with Crippen molar-refractivity contribution in [1.29, 1.82) is 5.26 Å². The van der Waals surface area contributed by atoms with Crippen molar-refractivity contribution in [3.8, 4) is 11.8 Å². The Bertz CT molecular complexity index is 860. The zero-order valence-electron chi connectivity index (χ0n) is 11.2. The molecule has 3 rings (SSSR count). The lowest BCUT2D eigenvalue weighted by molar-refractivity contribution is 0.882. The van der Waals surface area contributed by atoms with Gasteiger partial charge in [-0.3, -0.25) is 4.57 Å². The number of alkyl halides is 1. The summed E-state index contributed by atoms with van der Waals surface area (Å²) < 4.78 is 1.91. The number of hydrogen-bond acceptors (Lipinski definition) is 2. The number of nitrogens with zero attached hydrogens (tertiary/aromatic N) is 3. The molecule has 104 valence electrons. The molecular weight excluding hydrogens is 305 g/mol. The van der Waals surface area contributed by atoms with E-state index in [9.17, 15) is 0 Å². The van der Waals surface area contributed by atoms with Gasteiger partial charge in [-0.1, -0.05) is 23.7 Å². The highest BCUT2D eigenvalue weighted by molar-refractivity contribution is 6.32. The molecule has 2 aromatic carbocycles. The number of aromatic nitrogens is 2. The molecule has 1 heterocycles. The van der Waals surface area contributed by atoms with Crippen LogP contribution in [0, 0.1) is 11.3 Å².